The second kappa shape index (κ2) is 4.96. The van der Waals surface area contributed by atoms with Crippen LogP contribution in [0.5, 0.6) is 0 Å². The van der Waals surface area contributed by atoms with Crippen LogP contribution in [-0.4, -0.2) is 29.3 Å². The molecule has 1 aromatic carbocycles. The number of hydrogen-bond acceptors (Lipinski definition) is 4. The highest BCUT2D eigenvalue weighted by atomic mass is 16.2. The molecule has 3 amide bonds. The van der Waals surface area contributed by atoms with Crippen LogP contribution in [0.1, 0.15) is 18.4 Å². The first kappa shape index (κ1) is 13.8. The van der Waals surface area contributed by atoms with Crippen molar-refractivity contribution in [3.05, 3.63) is 35.9 Å². The largest absolute Gasteiger partial charge is 0.340 e. The van der Waals surface area contributed by atoms with E-state index in [4.69, 9.17) is 5.73 Å². The van der Waals surface area contributed by atoms with Crippen LogP contribution in [0, 0.1) is 5.92 Å². The Labute approximate surface area is 122 Å². The lowest BCUT2D eigenvalue weighted by atomic mass is 9.64. The van der Waals surface area contributed by atoms with Crippen LogP contribution in [0.3, 0.4) is 0 Å². The van der Waals surface area contributed by atoms with Gasteiger partial charge >= 0.3 is 0 Å². The van der Waals surface area contributed by atoms with Crippen LogP contribution in [0.15, 0.2) is 30.3 Å². The zero-order valence-corrected chi connectivity index (χ0v) is 11.5. The number of hydrogen-bond donors (Lipinski definition) is 3. The Bertz CT molecular complexity index is 593. The lowest BCUT2D eigenvalue weighted by Gasteiger charge is -2.49. The minimum atomic E-state index is -0.941. The van der Waals surface area contributed by atoms with Crippen molar-refractivity contribution < 1.29 is 14.4 Å². The molecule has 2 aliphatic heterocycles. The summed E-state index contributed by atoms with van der Waals surface area (Å²) < 4.78 is 0. The lowest BCUT2D eigenvalue weighted by molar-refractivity contribution is -0.155. The molecular formula is C15H17N3O3. The van der Waals surface area contributed by atoms with E-state index in [9.17, 15) is 14.4 Å². The summed E-state index contributed by atoms with van der Waals surface area (Å²) in [6.45, 7) is 0. The fourth-order valence-electron chi connectivity index (χ4n) is 2.93. The van der Waals surface area contributed by atoms with Crippen molar-refractivity contribution in [3.8, 4) is 0 Å². The van der Waals surface area contributed by atoms with Crippen molar-refractivity contribution in [1.82, 2.24) is 10.6 Å². The van der Waals surface area contributed by atoms with Gasteiger partial charge in [-0.1, -0.05) is 30.3 Å². The van der Waals surface area contributed by atoms with E-state index in [1.807, 2.05) is 30.3 Å². The number of amides is 3. The molecular weight excluding hydrogens is 270 g/mol. The molecule has 4 N–H and O–H groups in total. The maximum absolute atomic E-state index is 12.2. The molecule has 3 fully saturated rings. The van der Waals surface area contributed by atoms with Gasteiger partial charge < -0.3 is 11.1 Å². The van der Waals surface area contributed by atoms with E-state index in [0.29, 0.717) is 19.3 Å². The van der Waals surface area contributed by atoms with Crippen molar-refractivity contribution in [2.45, 2.75) is 30.8 Å². The average Bonchev–Trinajstić information content (AvgIpc) is 2.41. The third-order valence-corrected chi connectivity index (χ3v) is 4.23. The number of nitrogens with two attached hydrogens (primary N) is 1. The molecule has 2 saturated heterocycles. The van der Waals surface area contributed by atoms with Gasteiger partial charge in [0.05, 0.1) is 6.04 Å². The van der Waals surface area contributed by atoms with Gasteiger partial charge in [-0.05, 0) is 24.8 Å². The Kier molecular flexibility index (Phi) is 3.25. The van der Waals surface area contributed by atoms with Gasteiger partial charge in [0.1, 0.15) is 5.54 Å². The Morgan fingerprint density at radius 1 is 1.33 bits per heavy atom. The van der Waals surface area contributed by atoms with Gasteiger partial charge in [-0.25, -0.2) is 0 Å². The Balaban J connectivity index is 1.62. The average molecular weight is 287 g/mol. The number of carbonyl (C=O) groups excluding carboxylic acids is 3. The van der Waals surface area contributed by atoms with Crippen molar-refractivity contribution in [2.24, 2.45) is 11.7 Å². The van der Waals surface area contributed by atoms with Crippen LogP contribution in [0.2, 0.25) is 0 Å². The summed E-state index contributed by atoms with van der Waals surface area (Å²) in [5.41, 5.74) is 5.93. The number of carbonyl (C=O) groups is 3. The maximum atomic E-state index is 12.2. The normalized spacial score (nSPS) is 28.3. The maximum Gasteiger partial charge on any atom is 0.252 e. The molecule has 1 aliphatic carbocycles. The molecule has 1 atom stereocenters. The fourth-order valence-corrected chi connectivity index (χ4v) is 2.93. The van der Waals surface area contributed by atoms with Crippen LogP contribution < -0.4 is 16.4 Å². The first-order valence-electron chi connectivity index (χ1n) is 6.97. The number of fused-ring (bicyclic) bond motifs is 2. The molecule has 6 nitrogen and oxygen atoms in total. The van der Waals surface area contributed by atoms with E-state index in [-0.39, 0.29) is 17.7 Å². The highest BCUT2D eigenvalue weighted by molar-refractivity contribution is 6.08. The highest BCUT2D eigenvalue weighted by Gasteiger charge is 2.58. The molecule has 2 heterocycles. The predicted molar refractivity (Wildman–Crippen MR) is 74.9 cm³/mol. The molecule has 21 heavy (non-hydrogen) atoms. The van der Waals surface area contributed by atoms with Crippen LogP contribution in [0.4, 0.5) is 0 Å². The van der Waals surface area contributed by atoms with Gasteiger partial charge in [0.25, 0.3) is 5.91 Å². The first-order valence-corrected chi connectivity index (χ1v) is 6.97. The molecule has 0 aromatic heterocycles. The molecule has 0 unspecified atom stereocenters. The van der Waals surface area contributed by atoms with Crippen molar-refractivity contribution in [1.29, 1.82) is 0 Å². The van der Waals surface area contributed by atoms with E-state index in [0.717, 1.165) is 5.56 Å². The molecule has 4 rings (SSSR count). The summed E-state index contributed by atoms with van der Waals surface area (Å²) in [6.07, 6.45) is 1.16. The van der Waals surface area contributed by atoms with Gasteiger partial charge in [0.15, 0.2) is 0 Å². The molecule has 0 radical (unpaired) electrons. The topological polar surface area (TPSA) is 101 Å². The van der Waals surface area contributed by atoms with Gasteiger partial charge in [-0.2, -0.15) is 0 Å². The molecule has 1 saturated carbocycles. The van der Waals surface area contributed by atoms with Crippen molar-refractivity contribution in [3.63, 3.8) is 0 Å². The predicted octanol–water partition coefficient (Wildman–Crippen LogP) is -0.522. The second-order valence-electron chi connectivity index (χ2n) is 5.79. The summed E-state index contributed by atoms with van der Waals surface area (Å²) in [5.74, 6) is -1.20. The quantitative estimate of drug-likeness (QED) is 0.648. The molecule has 3 aliphatic rings. The summed E-state index contributed by atoms with van der Waals surface area (Å²) in [5, 5.41) is 5.00. The zero-order valence-electron chi connectivity index (χ0n) is 11.5. The van der Waals surface area contributed by atoms with E-state index >= 15 is 0 Å². The SMILES string of the molecule is N[C@@H](Cc1ccccc1)C(=O)NC12CC(C1)C(=O)NC2=O. The minimum Gasteiger partial charge on any atom is -0.340 e. The van der Waals surface area contributed by atoms with Crippen molar-refractivity contribution >= 4 is 17.7 Å². The molecule has 1 aromatic rings. The summed E-state index contributed by atoms with van der Waals surface area (Å²) in [6, 6.07) is 8.75. The summed E-state index contributed by atoms with van der Waals surface area (Å²) in [7, 11) is 0. The van der Waals surface area contributed by atoms with Crippen LogP contribution in [0.25, 0.3) is 0 Å². The van der Waals surface area contributed by atoms with Gasteiger partial charge in [-0.3, -0.25) is 19.7 Å². The van der Waals surface area contributed by atoms with E-state index in [2.05, 4.69) is 10.6 Å². The summed E-state index contributed by atoms with van der Waals surface area (Å²) >= 11 is 0. The minimum absolute atomic E-state index is 0.173. The number of piperidine rings is 2. The van der Waals surface area contributed by atoms with Gasteiger partial charge in [0.2, 0.25) is 11.8 Å². The molecule has 2 bridgehead atoms. The van der Waals surface area contributed by atoms with E-state index in [1.54, 1.807) is 0 Å². The number of nitrogens with one attached hydrogen (secondary N) is 2. The number of imide groups is 1. The smallest absolute Gasteiger partial charge is 0.252 e. The first-order chi connectivity index (χ1) is 10.00. The second-order valence-corrected chi connectivity index (χ2v) is 5.79. The van der Waals surface area contributed by atoms with Crippen LogP contribution >= 0.6 is 0 Å². The fraction of sp³-hybridized carbons (Fsp3) is 0.400. The Hall–Kier alpha value is -2.21. The number of rotatable bonds is 4. The van der Waals surface area contributed by atoms with E-state index < -0.39 is 17.5 Å². The Morgan fingerprint density at radius 2 is 2.00 bits per heavy atom. The molecule has 6 heteroatoms. The molecule has 0 spiro atoms. The van der Waals surface area contributed by atoms with Crippen LogP contribution in [-0.2, 0) is 20.8 Å². The highest BCUT2D eigenvalue weighted by Crippen LogP contribution is 2.41. The number of benzene rings is 1. The lowest BCUT2D eigenvalue weighted by Crippen LogP contribution is -2.74. The third kappa shape index (κ3) is 2.42. The third-order valence-electron chi connectivity index (χ3n) is 4.23. The van der Waals surface area contributed by atoms with Gasteiger partial charge in [0, 0.05) is 5.92 Å². The van der Waals surface area contributed by atoms with Gasteiger partial charge in [-0.15, -0.1) is 0 Å². The Morgan fingerprint density at radius 3 is 2.62 bits per heavy atom. The molecule has 110 valence electrons. The summed E-state index contributed by atoms with van der Waals surface area (Å²) in [4.78, 5) is 35.4. The standard InChI is InChI=1S/C15H17N3O3/c16-11(6-9-4-2-1-3-5-9)13(20)18-15-7-10(8-15)12(19)17-14(15)21/h1-5,10-11H,6-8,16H2,(H,18,20)(H,17,19,21)/t10?,11-,15?/m0/s1. The van der Waals surface area contributed by atoms with E-state index in [1.165, 1.54) is 0 Å². The monoisotopic (exact) mass is 287 g/mol. The zero-order chi connectivity index (χ0) is 15.0. The van der Waals surface area contributed by atoms with Crippen molar-refractivity contribution in [2.75, 3.05) is 0 Å².